The molecule has 1 aliphatic rings. The van der Waals surface area contributed by atoms with Crippen LogP contribution in [0.15, 0.2) is 30.5 Å². The number of anilines is 1. The highest BCUT2D eigenvalue weighted by molar-refractivity contribution is 7.11. The van der Waals surface area contributed by atoms with Crippen molar-refractivity contribution < 1.29 is 14.3 Å². The van der Waals surface area contributed by atoms with Gasteiger partial charge in [-0.05, 0) is 43.5 Å². The third-order valence-electron chi connectivity index (χ3n) is 4.23. The van der Waals surface area contributed by atoms with Gasteiger partial charge in [0.15, 0.2) is 0 Å². The lowest BCUT2D eigenvalue weighted by atomic mass is 10.2. The molecule has 0 radical (unpaired) electrons. The molecule has 2 heterocycles. The number of rotatable bonds is 7. The Bertz CT molecular complexity index is 711. The Kier molecular flexibility index (Phi) is 6.46. The summed E-state index contributed by atoms with van der Waals surface area (Å²) in [6.07, 6.45) is 5.20. The molecule has 1 fully saturated rings. The van der Waals surface area contributed by atoms with Crippen molar-refractivity contribution in [1.29, 1.82) is 0 Å². The zero-order chi connectivity index (χ0) is 18.4. The van der Waals surface area contributed by atoms with Crippen molar-refractivity contribution in [2.24, 2.45) is 0 Å². The minimum atomic E-state index is -0.161. The van der Waals surface area contributed by atoms with Gasteiger partial charge in [-0.2, -0.15) is 0 Å². The van der Waals surface area contributed by atoms with Crippen LogP contribution in [0.5, 0.6) is 5.75 Å². The molecule has 3 rings (SSSR count). The van der Waals surface area contributed by atoms with Crippen LogP contribution in [0.25, 0.3) is 0 Å². The van der Waals surface area contributed by atoms with Crippen LogP contribution in [-0.2, 0) is 17.7 Å². The first-order valence-corrected chi connectivity index (χ1v) is 9.76. The van der Waals surface area contributed by atoms with Crippen molar-refractivity contribution >= 4 is 23.1 Å². The van der Waals surface area contributed by atoms with Crippen LogP contribution in [0.1, 0.15) is 29.7 Å². The Morgan fingerprint density at radius 2 is 2.23 bits per heavy atom. The van der Waals surface area contributed by atoms with Gasteiger partial charge in [0.25, 0.3) is 0 Å². The lowest BCUT2D eigenvalue weighted by molar-refractivity contribution is 0.0679. The Morgan fingerprint density at radius 3 is 2.88 bits per heavy atom. The van der Waals surface area contributed by atoms with Gasteiger partial charge in [-0.3, -0.25) is 0 Å². The monoisotopic (exact) mass is 375 g/mol. The fraction of sp³-hybridized carbons (Fsp3) is 0.474. The first kappa shape index (κ1) is 18.7. The molecule has 1 unspecified atom stereocenters. The maximum atomic E-state index is 12.3. The molecule has 1 atom stereocenters. The van der Waals surface area contributed by atoms with Crippen LogP contribution < -0.4 is 10.1 Å². The standard InChI is InChI=1S/C19H25N3O3S/c1-3-17-11-20-18(26-17)12-22(2)19(23)21-14-6-8-15(9-7-14)25-13-16-5-4-10-24-16/h6-9,11,16H,3-5,10,12-13H2,1-2H3,(H,21,23). The molecular formula is C19H25N3O3S. The number of thiazole rings is 1. The summed E-state index contributed by atoms with van der Waals surface area (Å²) in [5, 5.41) is 3.83. The largest absolute Gasteiger partial charge is 0.491 e. The molecule has 2 aromatic rings. The molecule has 1 aromatic carbocycles. The topological polar surface area (TPSA) is 63.7 Å². The zero-order valence-electron chi connectivity index (χ0n) is 15.2. The Labute approximate surface area is 158 Å². The number of benzene rings is 1. The molecule has 7 heteroatoms. The number of amides is 2. The molecule has 2 amide bonds. The summed E-state index contributed by atoms with van der Waals surface area (Å²) in [7, 11) is 1.77. The van der Waals surface area contributed by atoms with Gasteiger partial charge >= 0.3 is 6.03 Å². The molecule has 0 spiro atoms. The normalized spacial score (nSPS) is 16.5. The Balaban J connectivity index is 1.46. The van der Waals surface area contributed by atoms with Gasteiger partial charge in [-0.1, -0.05) is 6.92 Å². The molecule has 26 heavy (non-hydrogen) atoms. The summed E-state index contributed by atoms with van der Waals surface area (Å²) in [6.45, 7) is 4.00. The first-order valence-electron chi connectivity index (χ1n) is 8.94. The lowest BCUT2D eigenvalue weighted by Crippen LogP contribution is -2.30. The Morgan fingerprint density at radius 1 is 1.42 bits per heavy atom. The summed E-state index contributed by atoms with van der Waals surface area (Å²) in [5.41, 5.74) is 0.736. The van der Waals surface area contributed by atoms with Crippen LogP contribution >= 0.6 is 11.3 Å². The summed E-state index contributed by atoms with van der Waals surface area (Å²) in [6, 6.07) is 7.24. The van der Waals surface area contributed by atoms with Gasteiger partial charge in [0.05, 0.1) is 12.6 Å². The number of nitrogens with one attached hydrogen (secondary N) is 1. The second-order valence-electron chi connectivity index (χ2n) is 6.33. The number of carbonyl (C=O) groups is 1. The first-order chi connectivity index (χ1) is 12.6. The van der Waals surface area contributed by atoms with Crippen LogP contribution in [0, 0.1) is 0 Å². The molecule has 140 valence electrons. The highest BCUT2D eigenvalue weighted by Crippen LogP contribution is 2.19. The van der Waals surface area contributed by atoms with Gasteiger partial charge in [0, 0.05) is 30.4 Å². The third kappa shape index (κ3) is 5.19. The van der Waals surface area contributed by atoms with E-state index in [-0.39, 0.29) is 12.1 Å². The van der Waals surface area contributed by atoms with E-state index in [4.69, 9.17) is 9.47 Å². The smallest absolute Gasteiger partial charge is 0.321 e. The zero-order valence-corrected chi connectivity index (χ0v) is 16.1. The van der Waals surface area contributed by atoms with Gasteiger partial charge in [-0.15, -0.1) is 11.3 Å². The highest BCUT2D eigenvalue weighted by atomic mass is 32.1. The second kappa shape index (κ2) is 9.00. The van der Waals surface area contributed by atoms with E-state index >= 15 is 0 Å². The maximum absolute atomic E-state index is 12.3. The molecule has 1 N–H and O–H groups in total. The number of hydrogen-bond donors (Lipinski definition) is 1. The average Bonchev–Trinajstić information content (AvgIpc) is 3.32. The van der Waals surface area contributed by atoms with E-state index in [1.807, 2.05) is 30.5 Å². The van der Waals surface area contributed by atoms with Gasteiger partial charge < -0.3 is 19.7 Å². The summed E-state index contributed by atoms with van der Waals surface area (Å²) >= 11 is 1.64. The van der Waals surface area contributed by atoms with Crippen molar-refractivity contribution in [3.05, 3.63) is 40.3 Å². The molecule has 0 aliphatic carbocycles. The second-order valence-corrected chi connectivity index (χ2v) is 7.53. The van der Waals surface area contributed by atoms with Crippen LogP contribution in [-0.4, -0.2) is 42.3 Å². The third-order valence-corrected chi connectivity index (χ3v) is 5.36. The van der Waals surface area contributed by atoms with Gasteiger partial charge in [0.1, 0.15) is 17.4 Å². The van der Waals surface area contributed by atoms with E-state index in [9.17, 15) is 4.79 Å². The van der Waals surface area contributed by atoms with E-state index < -0.39 is 0 Å². The van der Waals surface area contributed by atoms with Crippen LogP contribution in [0.4, 0.5) is 10.5 Å². The molecule has 1 saturated heterocycles. The van der Waals surface area contributed by atoms with Gasteiger partial charge in [-0.25, -0.2) is 9.78 Å². The van der Waals surface area contributed by atoms with Crippen LogP contribution in [0.3, 0.4) is 0 Å². The van der Waals surface area contributed by atoms with E-state index in [2.05, 4.69) is 17.2 Å². The van der Waals surface area contributed by atoms with E-state index in [0.29, 0.717) is 13.2 Å². The van der Waals surface area contributed by atoms with E-state index in [0.717, 1.165) is 42.3 Å². The van der Waals surface area contributed by atoms with Crippen molar-refractivity contribution in [3.63, 3.8) is 0 Å². The quantitative estimate of drug-likeness (QED) is 0.796. The minimum Gasteiger partial charge on any atom is -0.491 e. The number of nitrogens with zero attached hydrogens (tertiary/aromatic N) is 2. The van der Waals surface area contributed by atoms with E-state index in [1.165, 1.54) is 4.88 Å². The van der Waals surface area contributed by atoms with Gasteiger partial charge in [0.2, 0.25) is 0 Å². The van der Waals surface area contributed by atoms with Crippen LogP contribution in [0.2, 0.25) is 0 Å². The number of aryl methyl sites for hydroxylation is 1. The number of urea groups is 1. The molecule has 0 bridgehead atoms. The lowest BCUT2D eigenvalue weighted by Gasteiger charge is -2.17. The van der Waals surface area contributed by atoms with Crippen molar-refractivity contribution in [1.82, 2.24) is 9.88 Å². The summed E-state index contributed by atoms with van der Waals surface area (Å²) < 4.78 is 11.3. The number of hydrogen-bond acceptors (Lipinski definition) is 5. The predicted octanol–water partition coefficient (Wildman–Crippen LogP) is 3.93. The van der Waals surface area contributed by atoms with E-state index in [1.54, 1.807) is 23.3 Å². The fourth-order valence-electron chi connectivity index (χ4n) is 2.68. The van der Waals surface area contributed by atoms with Crippen molar-refractivity contribution in [2.45, 2.75) is 38.8 Å². The molecule has 0 saturated carbocycles. The minimum absolute atomic E-state index is 0.161. The predicted molar refractivity (Wildman–Crippen MR) is 103 cm³/mol. The van der Waals surface area contributed by atoms with Crippen molar-refractivity contribution in [2.75, 3.05) is 25.6 Å². The molecule has 1 aromatic heterocycles. The summed E-state index contributed by atoms with van der Waals surface area (Å²) in [5.74, 6) is 0.779. The van der Waals surface area contributed by atoms with Crippen molar-refractivity contribution in [3.8, 4) is 5.75 Å². The number of ether oxygens (including phenoxy) is 2. The Hall–Kier alpha value is -2.12. The molecular weight excluding hydrogens is 350 g/mol. The maximum Gasteiger partial charge on any atom is 0.321 e. The average molecular weight is 375 g/mol. The number of carbonyl (C=O) groups excluding carboxylic acids is 1. The summed E-state index contributed by atoms with van der Waals surface area (Å²) in [4.78, 5) is 19.5. The fourth-order valence-corrected chi connectivity index (χ4v) is 3.59. The number of aromatic nitrogens is 1. The highest BCUT2D eigenvalue weighted by Gasteiger charge is 2.16. The SMILES string of the molecule is CCc1cnc(CN(C)C(=O)Nc2ccc(OCC3CCCO3)cc2)s1. The molecule has 1 aliphatic heterocycles. The molecule has 6 nitrogen and oxygen atoms in total.